The van der Waals surface area contributed by atoms with Gasteiger partial charge in [0.15, 0.2) is 11.4 Å². The lowest BCUT2D eigenvalue weighted by Gasteiger charge is -2.36. The number of nitrogens with zero attached hydrogens (tertiary/aromatic N) is 4. The van der Waals surface area contributed by atoms with Crippen molar-refractivity contribution in [1.82, 2.24) is 14.9 Å². The Morgan fingerprint density at radius 3 is 2.35 bits per heavy atom. The summed E-state index contributed by atoms with van der Waals surface area (Å²) in [6.07, 6.45) is -0.337. The molecule has 2 aromatic heterocycles. The third-order valence-corrected chi connectivity index (χ3v) is 5.63. The fourth-order valence-electron chi connectivity index (χ4n) is 3.59. The Balaban J connectivity index is 1.69. The third-order valence-electron chi connectivity index (χ3n) is 5.40. The van der Waals surface area contributed by atoms with Gasteiger partial charge in [-0.1, -0.05) is 32.4 Å². The molecule has 34 heavy (non-hydrogen) atoms. The van der Waals surface area contributed by atoms with Crippen molar-refractivity contribution in [2.45, 2.75) is 47.1 Å². The molecule has 3 aromatic rings. The number of halogens is 1. The summed E-state index contributed by atoms with van der Waals surface area (Å²) in [5.74, 6) is 0.573. The number of hydrogen-bond acceptors (Lipinski definition) is 7. The van der Waals surface area contributed by atoms with E-state index >= 15 is 0 Å². The van der Waals surface area contributed by atoms with Gasteiger partial charge >= 0.3 is 6.09 Å². The molecule has 1 aromatic carbocycles. The van der Waals surface area contributed by atoms with Crippen LogP contribution < -0.4 is 10.2 Å². The first-order chi connectivity index (χ1) is 15.8. The van der Waals surface area contributed by atoms with Gasteiger partial charge in [0.2, 0.25) is 11.9 Å². The fraction of sp³-hybridized carbons (Fsp3) is 0.500. The number of rotatable bonds is 2. The second kappa shape index (κ2) is 8.61. The standard InChI is InChI=1S/C24H30ClN5O4/c1-23(2,3)20(31)28-21-26-17-15-8-7-14(25)13-16(15)33-18(17)19(27-21)29-9-11-30(12-10-29)22(32)34-24(4,5)6/h7-8,13H,9-12H2,1-6H3,(H,26,27,28,31). The summed E-state index contributed by atoms with van der Waals surface area (Å²) in [7, 11) is 0. The molecule has 0 aliphatic carbocycles. The van der Waals surface area contributed by atoms with E-state index < -0.39 is 11.0 Å². The average molecular weight is 488 g/mol. The molecule has 0 saturated carbocycles. The Bertz CT molecular complexity index is 1250. The largest absolute Gasteiger partial charge is 0.450 e. The van der Waals surface area contributed by atoms with Crippen molar-refractivity contribution in [2.24, 2.45) is 5.41 Å². The lowest BCUT2D eigenvalue weighted by Crippen LogP contribution is -2.50. The van der Waals surface area contributed by atoms with Crippen LogP contribution in [0.25, 0.3) is 22.1 Å². The highest BCUT2D eigenvalue weighted by molar-refractivity contribution is 6.31. The number of amides is 2. The molecule has 1 aliphatic heterocycles. The number of anilines is 2. The molecule has 1 aliphatic rings. The summed E-state index contributed by atoms with van der Waals surface area (Å²) in [5.41, 5.74) is 0.531. The maximum absolute atomic E-state index is 12.6. The first kappa shape index (κ1) is 24.1. The Hall–Kier alpha value is -3.07. The highest BCUT2D eigenvalue weighted by Crippen LogP contribution is 2.35. The van der Waals surface area contributed by atoms with Crippen molar-refractivity contribution < 1.29 is 18.7 Å². The molecule has 0 atom stereocenters. The smallest absolute Gasteiger partial charge is 0.410 e. The van der Waals surface area contributed by atoms with Gasteiger partial charge < -0.3 is 19.0 Å². The zero-order valence-electron chi connectivity index (χ0n) is 20.4. The van der Waals surface area contributed by atoms with Crippen LogP contribution in [0, 0.1) is 5.41 Å². The summed E-state index contributed by atoms with van der Waals surface area (Å²) >= 11 is 6.16. The zero-order chi connectivity index (χ0) is 24.8. The summed E-state index contributed by atoms with van der Waals surface area (Å²) in [4.78, 5) is 38.1. The molecule has 0 radical (unpaired) electrons. The number of aromatic nitrogens is 2. The lowest BCUT2D eigenvalue weighted by molar-refractivity contribution is -0.123. The van der Waals surface area contributed by atoms with Crippen LogP contribution in [-0.4, -0.2) is 58.6 Å². The van der Waals surface area contributed by atoms with Crippen LogP contribution in [0.4, 0.5) is 16.6 Å². The molecule has 0 bridgehead atoms. The van der Waals surface area contributed by atoms with E-state index in [9.17, 15) is 9.59 Å². The maximum Gasteiger partial charge on any atom is 0.410 e. The Morgan fingerprint density at radius 1 is 1.06 bits per heavy atom. The molecule has 1 fully saturated rings. The molecule has 1 N–H and O–H groups in total. The minimum Gasteiger partial charge on any atom is -0.450 e. The van der Waals surface area contributed by atoms with Crippen LogP contribution in [-0.2, 0) is 9.53 Å². The molecule has 182 valence electrons. The van der Waals surface area contributed by atoms with E-state index in [4.69, 9.17) is 20.8 Å². The number of ether oxygens (including phenoxy) is 1. The molecule has 10 heteroatoms. The molecule has 0 spiro atoms. The molecule has 4 rings (SSSR count). The van der Waals surface area contributed by atoms with Gasteiger partial charge in [-0.05, 0) is 32.9 Å². The molecule has 0 unspecified atom stereocenters. The van der Waals surface area contributed by atoms with Crippen LogP contribution in [0.3, 0.4) is 0 Å². The predicted octanol–water partition coefficient (Wildman–Crippen LogP) is 5.07. The number of benzene rings is 1. The van der Waals surface area contributed by atoms with Crippen molar-refractivity contribution >= 4 is 57.4 Å². The van der Waals surface area contributed by atoms with Gasteiger partial charge in [0.1, 0.15) is 16.7 Å². The first-order valence-electron chi connectivity index (χ1n) is 11.3. The van der Waals surface area contributed by atoms with Crippen LogP contribution in [0.15, 0.2) is 22.6 Å². The number of furan rings is 1. The molecule has 1 saturated heterocycles. The summed E-state index contributed by atoms with van der Waals surface area (Å²) in [5, 5.41) is 4.16. The average Bonchev–Trinajstić information content (AvgIpc) is 3.08. The van der Waals surface area contributed by atoms with Crippen LogP contribution >= 0.6 is 11.6 Å². The summed E-state index contributed by atoms with van der Waals surface area (Å²) in [6, 6.07) is 5.35. The number of carbonyl (C=O) groups is 2. The van der Waals surface area contributed by atoms with Crippen molar-refractivity contribution in [1.29, 1.82) is 0 Å². The Morgan fingerprint density at radius 2 is 1.74 bits per heavy atom. The second-order valence-corrected chi connectivity index (χ2v) is 10.9. The van der Waals surface area contributed by atoms with Crippen molar-refractivity contribution in [3.63, 3.8) is 0 Å². The van der Waals surface area contributed by atoms with E-state index in [0.717, 1.165) is 5.39 Å². The van der Waals surface area contributed by atoms with Gasteiger partial charge in [-0.2, -0.15) is 4.98 Å². The van der Waals surface area contributed by atoms with Gasteiger partial charge in [-0.25, -0.2) is 9.78 Å². The highest BCUT2D eigenvalue weighted by atomic mass is 35.5. The molecular weight excluding hydrogens is 458 g/mol. The summed E-state index contributed by atoms with van der Waals surface area (Å²) < 4.78 is 11.6. The fourth-order valence-corrected chi connectivity index (χ4v) is 3.75. The highest BCUT2D eigenvalue weighted by Gasteiger charge is 2.29. The van der Waals surface area contributed by atoms with Gasteiger partial charge in [0.25, 0.3) is 0 Å². The van der Waals surface area contributed by atoms with Crippen LogP contribution in [0.2, 0.25) is 5.02 Å². The van der Waals surface area contributed by atoms with Crippen LogP contribution in [0.1, 0.15) is 41.5 Å². The topological polar surface area (TPSA) is 101 Å². The number of carbonyl (C=O) groups excluding carboxylic acids is 2. The zero-order valence-corrected chi connectivity index (χ0v) is 21.1. The molecule has 2 amide bonds. The molecule has 9 nitrogen and oxygen atoms in total. The number of nitrogens with one attached hydrogen (secondary N) is 1. The van der Waals surface area contributed by atoms with Gasteiger partial charge in [0.05, 0.1) is 0 Å². The van der Waals surface area contributed by atoms with E-state index in [0.29, 0.717) is 53.7 Å². The Kier molecular flexibility index (Phi) is 6.10. The summed E-state index contributed by atoms with van der Waals surface area (Å²) in [6.45, 7) is 13.0. The van der Waals surface area contributed by atoms with Crippen LogP contribution in [0.5, 0.6) is 0 Å². The second-order valence-electron chi connectivity index (χ2n) is 10.4. The molecular formula is C24H30ClN5O4. The van der Waals surface area contributed by atoms with Crippen molar-refractivity contribution in [3.8, 4) is 0 Å². The number of hydrogen-bond donors (Lipinski definition) is 1. The minimum absolute atomic E-state index is 0.191. The maximum atomic E-state index is 12.6. The third kappa shape index (κ3) is 5.04. The predicted molar refractivity (Wildman–Crippen MR) is 132 cm³/mol. The van der Waals surface area contributed by atoms with Gasteiger partial charge in [0, 0.05) is 48.1 Å². The van der Waals surface area contributed by atoms with E-state index in [1.807, 2.05) is 52.5 Å². The minimum atomic E-state index is -0.608. The van der Waals surface area contributed by atoms with E-state index in [1.54, 1.807) is 17.0 Å². The van der Waals surface area contributed by atoms with E-state index in [2.05, 4.69) is 15.3 Å². The van der Waals surface area contributed by atoms with Crippen molar-refractivity contribution in [2.75, 3.05) is 36.4 Å². The quantitative estimate of drug-likeness (QED) is 0.538. The SMILES string of the molecule is CC(C)(C)OC(=O)N1CCN(c2nc(NC(=O)C(C)(C)C)nc3c2oc2cc(Cl)ccc23)CC1. The van der Waals surface area contributed by atoms with E-state index in [1.165, 1.54) is 0 Å². The lowest BCUT2D eigenvalue weighted by atomic mass is 9.96. The normalized spacial score (nSPS) is 15.1. The molecule has 3 heterocycles. The Labute approximate surface area is 203 Å². The first-order valence-corrected chi connectivity index (χ1v) is 11.6. The monoisotopic (exact) mass is 487 g/mol. The number of piperazine rings is 1. The van der Waals surface area contributed by atoms with Gasteiger partial charge in [-0.3, -0.25) is 10.1 Å². The number of fused-ring (bicyclic) bond motifs is 3. The van der Waals surface area contributed by atoms with E-state index in [-0.39, 0.29) is 17.9 Å². The van der Waals surface area contributed by atoms with Crippen molar-refractivity contribution in [3.05, 3.63) is 23.2 Å². The van der Waals surface area contributed by atoms with Gasteiger partial charge in [-0.15, -0.1) is 0 Å².